The van der Waals surface area contributed by atoms with Crippen molar-refractivity contribution in [2.45, 2.75) is 32.9 Å². The van der Waals surface area contributed by atoms with Crippen molar-refractivity contribution in [1.29, 1.82) is 0 Å². The predicted molar refractivity (Wildman–Crippen MR) is 57.4 cm³/mol. The zero-order valence-electron chi connectivity index (χ0n) is 9.27. The van der Waals surface area contributed by atoms with Crippen LogP contribution in [0.1, 0.15) is 26.0 Å². The lowest BCUT2D eigenvalue weighted by molar-refractivity contribution is -0.128. The number of hydrogen-bond acceptors (Lipinski definition) is 3. The maximum absolute atomic E-state index is 11.5. The van der Waals surface area contributed by atoms with E-state index in [1.54, 1.807) is 6.26 Å². The molecule has 1 aliphatic heterocycles. The fourth-order valence-corrected chi connectivity index (χ4v) is 2.10. The van der Waals surface area contributed by atoms with Gasteiger partial charge in [0, 0.05) is 24.9 Å². The number of furan rings is 1. The Labute approximate surface area is 90.1 Å². The Morgan fingerprint density at radius 2 is 2.33 bits per heavy atom. The van der Waals surface area contributed by atoms with Crippen molar-refractivity contribution in [2.24, 2.45) is 5.92 Å². The van der Waals surface area contributed by atoms with E-state index in [9.17, 15) is 4.79 Å². The van der Waals surface area contributed by atoms with Gasteiger partial charge in [0.15, 0.2) is 0 Å². The van der Waals surface area contributed by atoms with Gasteiger partial charge in [-0.1, -0.05) is 6.92 Å². The van der Waals surface area contributed by atoms with E-state index in [0.717, 1.165) is 18.8 Å². The molecule has 3 heteroatoms. The van der Waals surface area contributed by atoms with Crippen molar-refractivity contribution in [3.8, 4) is 0 Å². The minimum absolute atomic E-state index is 0.147. The first-order valence-electron chi connectivity index (χ1n) is 5.47. The molecule has 0 bridgehead atoms. The smallest absolute Gasteiger partial charge is 0.138 e. The second-order valence-corrected chi connectivity index (χ2v) is 4.30. The molecular formula is C12H17NO2. The van der Waals surface area contributed by atoms with Gasteiger partial charge in [-0.2, -0.15) is 0 Å². The third kappa shape index (κ3) is 2.12. The van der Waals surface area contributed by atoms with E-state index in [4.69, 9.17) is 4.42 Å². The molecule has 0 amide bonds. The van der Waals surface area contributed by atoms with Crippen LogP contribution in [0.3, 0.4) is 0 Å². The summed E-state index contributed by atoms with van der Waals surface area (Å²) in [5.41, 5.74) is 0. The fourth-order valence-electron chi connectivity index (χ4n) is 2.10. The molecular weight excluding hydrogens is 190 g/mol. The van der Waals surface area contributed by atoms with E-state index in [1.807, 2.05) is 19.1 Å². The van der Waals surface area contributed by atoms with Gasteiger partial charge in [0.2, 0.25) is 0 Å². The van der Waals surface area contributed by atoms with Gasteiger partial charge in [-0.3, -0.25) is 9.69 Å². The second kappa shape index (κ2) is 4.19. The number of carbonyl (C=O) groups excluding carboxylic acids is 1. The molecule has 0 aliphatic carbocycles. The lowest BCUT2D eigenvalue weighted by Gasteiger charge is -2.36. The van der Waals surface area contributed by atoms with E-state index >= 15 is 0 Å². The number of nitrogens with zero attached hydrogens (tertiary/aromatic N) is 1. The Kier molecular flexibility index (Phi) is 2.91. The number of Topliss-reactive ketones (excluding diaryl/α,β-unsaturated/α-hetero) is 1. The van der Waals surface area contributed by atoms with E-state index < -0.39 is 0 Å². The van der Waals surface area contributed by atoms with Crippen LogP contribution in [0.5, 0.6) is 0 Å². The summed E-state index contributed by atoms with van der Waals surface area (Å²) in [7, 11) is 0. The van der Waals surface area contributed by atoms with E-state index in [0.29, 0.717) is 18.2 Å². The normalized spacial score (nSPS) is 28.3. The maximum Gasteiger partial charge on any atom is 0.138 e. The minimum atomic E-state index is 0.147. The molecule has 1 aliphatic rings. The number of rotatable bonds is 2. The highest BCUT2D eigenvalue weighted by Gasteiger charge is 2.30. The van der Waals surface area contributed by atoms with Crippen LogP contribution in [-0.4, -0.2) is 23.3 Å². The van der Waals surface area contributed by atoms with Gasteiger partial charge in [0.25, 0.3) is 0 Å². The molecule has 0 saturated carbocycles. The summed E-state index contributed by atoms with van der Waals surface area (Å²) in [4.78, 5) is 13.8. The van der Waals surface area contributed by atoms with E-state index in [2.05, 4.69) is 11.8 Å². The SMILES string of the molecule is C[C@H]1C(=O)CCN(Cc2ccco2)[C@H]1C. The van der Waals surface area contributed by atoms with E-state index in [-0.39, 0.29) is 5.92 Å². The summed E-state index contributed by atoms with van der Waals surface area (Å²) in [6, 6.07) is 4.20. The molecule has 0 aromatic carbocycles. The van der Waals surface area contributed by atoms with Gasteiger partial charge >= 0.3 is 0 Å². The molecule has 82 valence electrons. The average Bonchev–Trinajstić information content (AvgIpc) is 2.72. The third-order valence-electron chi connectivity index (χ3n) is 3.39. The molecule has 1 fully saturated rings. The van der Waals surface area contributed by atoms with Gasteiger partial charge in [-0.25, -0.2) is 0 Å². The van der Waals surface area contributed by atoms with Gasteiger partial charge in [0.05, 0.1) is 12.8 Å². The molecule has 0 spiro atoms. The standard InChI is InChI=1S/C12H17NO2/c1-9-10(2)13(6-5-12(9)14)8-11-4-3-7-15-11/h3-4,7,9-10H,5-6,8H2,1-2H3/t9-,10+/m1/s1. The molecule has 15 heavy (non-hydrogen) atoms. The monoisotopic (exact) mass is 207 g/mol. The Hall–Kier alpha value is -1.09. The first-order chi connectivity index (χ1) is 7.18. The van der Waals surface area contributed by atoms with Crippen LogP contribution in [0.4, 0.5) is 0 Å². The van der Waals surface area contributed by atoms with Crippen LogP contribution >= 0.6 is 0 Å². The summed E-state index contributed by atoms with van der Waals surface area (Å²) in [5, 5.41) is 0. The van der Waals surface area contributed by atoms with Gasteiger partial charge < -0.3 is 4.42 Å². The predicted octanol–water partition coefficient (Wildman–Crippen LogP) is 2.08. The zero-order valence-corrected chi connectivity index (χ0v) is 9.27. The summed E-state index contributed by atoms with van der Waals surface area (Å²) in [6.07, 6.45) is 2.37. The van der Waals surface area contributed by atoms with Gasteiger partial charge in [-0.15, -0.1) is 0 Å². The molecule has 1 saturated heterocycles. The van der Waals surface area contributed by atoms with Crippen molar-refractivity contribution in [1.82, 2.24) is 4.90 Å². The van der Waals surface area contributed by atoms with Crippen molar-refractivity contribution in [2.75, 3.05) is 6.54 Å². The van der Waals surface area contributed by atoms with Crippen LogP contribution in [0.2, 0.25) is 0 Å². The number of carbonyl (C=O) groups is 1. The van der Waals surface area contributed by atoms with Crippen molar-refractivity contribution in [3.05, 3.63) is 24.2 Å². The Morgan fingerprint density at radius 1 is 1.53 bits per heavy atom. The Balaban J connectivity index is 2.01. The number of piperidine rings is 1. The number of likely N-dealkylation sites (tertiary alicyclic amines) is 1. The highest BCUT2D eigenvalue weighted by atomic mass is 16.3. The average molecular weight is 207 g/mol. The van der Waals surface area contributed by atoms with Gasteiger partial charge in [-0.05, 0) is 19.1 Å². The second-order valence-electron chi connectivity index (χ2n) is 4.30. The molecule has 1 aromatic heterocycles. The number of ketones is 1. The highest BCUT2D eigenvalue weighted by Crippen LogP contribution is 2.22. The Bertz CT molecular complexity index is 331. The number of hydrogen-bond donors (Lipinski definition) is 0. The van der Waals surface area contributed by atoms with Crippen LogP contribution in [0.15, 0.2) is 22.8 Å². The molecule has 0 unspecified atom stereocenters. The highest BCUT2D eigenvalue weighted by molar-refractivity contribution is 5.82. The van der Waals surface area contributed by atoms with E-state index in [1.165, 1.54) is 0 Å². The van der Waals surface area contributed by atoms with Crippen molar-refractivity contribution in [3.63, 3.8) is 0 Å². The maximum atomic E-state index is 11.5. The summed E-state index contributed by atoms with van der Waals surface area (Å²) < 4.78 is 5.32. The lowest BCUT2D eigenvalue weighted by Crippen LogP contribution is -2.46. The quantitative estimate of drug-likeness (QED) is 0.744. The summed E-state index contributed by atoms with van der Waals surface area (Å²) in [6.45, 7) is 5.79. The molecule has 2 rings (SSSR count). The molecule has 3 nitrogen and oxygen atoms in total. The van der Waals surface area contributed by atoms with Crippen molar-refractivity contribution < 1.29 is 9.21 Å². The fraction of sp³-hybridized carbons (Fsp3) is 0.583. The molecule has 0 N–H and O–H groups in total. The van der Waals surface area contributed by atoms with Crippen LogP contribution in [-0.2, 0) is 11.3 Å². The van der Waals surface area contributed by atoms with Gasteiger partial charge in [0.1, 0.15) is 11.5 Å². The first kappa shape index (κ1) is 10.4. The van der Waals surface area contributed by atoms with Crippen molar-refractivity contribution >= 4 is 5.78 Å². The lowest BCUT2D eigenvalue weighted by atomic mass is 9.91. The minimum Gasteiger partial charge on any atom is -0.468 e. The molecule has 1 aromatic rings. The Morgan fingerprint density at radius 3 is 3.00 bits per heavy atom. The largest absolute Gasteiger partial charge is 0.468 e. The zero-order chi connectivity index (χ0) is 10.8. The summed E-state index contributed by atoms with van der Waals surface area (Å²) >= 11 is 0. The van der Waals surface area contributed by atoms with Crippen LogP contribution in [0.25, 0.3) is 0 Å². The first-order valence-corrected chi connectivity index (χ1v) is 5.47. The van der Waals surface area contributed by atoms with Crippen LogP contribution in [0, 0.1) is 5.92 Å². The molecule has 0 radical (unpaired) electrons. The third-order valence-corrected chi connectivity index (χ3v) is 3.39. The summed E-state index contributed by atoms with van der Waals surface area (Å²) in [5.74, 6) is 1.51. The topological polar surface area (TPSA) is 33.5 Å². The molecule has 2 heterocycles. The molecule has 2 atom stereocenters. The van der Waals surface area contributed by atoms with Crippen LogP contribution < -0.4 is 0 Å².